The van der Waals surface area contributed by atoms with Crippen molar-refractivity contribution in [3.63, 3.8) is 0 Å². The predicted molar refractivity (Wildman–Crippen MR) is 45.8 cm³/mol. The fourth-order valence-electron chi connectivity index (χ4n) is 0.706. The Bertz CT molecular complexity index is 202. The number of carbonyl (C=O) groups excluding carboxylic acids is 2. The lowest BCUT2D eigenvalue weighted by Crippen LogP contribution is -2.43. The van der Waals surface area contributed by atoms with Crippen LogP contribution in [0.25, 0.3) is 0 Å². The largest absolute Gasteiger partial charge is 0.467 e. The van der Waals surface area contributed by atoms with E-state index in [1.54, 1.807) is 0 Å². The highest BCUT2D eigenvalue weighted by atomic mass is 16.5. The van der Waals surface area contributed by atoms with Crippen LogP contribution in [-0.2, 0) is 14.3 Å². The monoisotopic (exact) mass is 187 g/mol. The number of amides is 1. The Kier molecular flexibility index (Phi) is 5.54. The second-order valence-electron chi connectivity index (χ2n) is 2.32. The van der Waals surface area contributed by atoms with Gasteiger partial charge in [-0.15, -0.1) is 6.58 Å². The van der Waals surface area contributed by atoms with Gasteiger partial charge in [0, 0.05) is 6.42 Å². The SMILES string of the molecule is C=CCC(=O)NC(CO)C(=O)OC. The summed E-state index contributed by atoms with van der Waals surface area (Å²) in [5.41, 5.74) is 0. The van der Waals surface area contributed by atoms with E-state index in [9.17, 15) is 9.59 Å². The van der Waals surface area contributed by atoms with Crippen LogP contribution in [0.3, 0.4) is 0 Å². The van der Waals surface area contributed by atoms with Gasteiger partial charge in [-0.25, -0.2) is 4.79 Å². The molecule has 0 bridgehead atoms. The van der Waals surface area contributed by atoms with E-state index >= 15 is 0 Å². The standard InChI is InChI=1S/C8H13NO4/c1-3-4-7(11)9-6(5-10)8(12)13-2/h3,6,10H,1,4-5H2,2H3,(H,9,11). The topological polar surface area (TPSA) is 75.6 Å². The lowest BCUT2D eigenvalue weighted by Gasteiger charge is -2.12. The van der Waals surface area contributed by atoms with Gasteiger partial charge in [0.25, 0.3) is 0 Å². The number of esters is 1. The molecule has 1 amide bonds. The summed E-state index contributed by atoms with van der Waals surface area (Å²) in [5.74, 6) is -1.04. The molecule has 0 aliphatic carbocycles. The molecule has 0 aromatic heterocycles. The highest BCUT2D eigenvalue weighted by molar-refractivity contribution is 5.85. The second-order valence-corrected chi connectivity index (χ2v) is 2.32. The van der Waals surface area contributed by atoms with E-state index in [-0.39, 0.29) is 12.3 Å². The quantitative estimate of drug-likeness (QED) is 0.437. The molecule has 0 fully saturated rings. The van der Waals surface area contributed by atoms with Crippen molar-refractivity contribution < 1.29 is 19.4 Å². The molecule has 13 heavy (non-hydrogen) atoms. The number of nitrogens with one attached hydrogen (secondary N) is 1. The van der Waals surface area contributed by atoms with Crippen LogP contribution < -0.4 is 5.32 Å². The van der Waals surface area contributed by atoms with E-state index in [4.69, 9.17) is 5.11 Å². The minimum atomic E-state index is -0.988. The second kappa shape index (κ2) is 6.19. The fourth-order valence-corrected chi connectivity index (χ4v) is 0.706. The molecule has 0 heterocycles. The molecule has 5 nitrogen and oxygen atoms in total. The van der Waals surface area contributed by atoms with Gasteiger partial charge in [0.1, 0.15) is 0 Å². The van der Waals surface area contributed by atoms with Gasteiger partial charge in [-0.1, -0.05) is 6.08 Å². The summed E-state index contributed by atoms with van der Waals surface area (Å²) in [4.78, 5) is 21.8. The molecule has 0 spiro atoms. The smallest absolute Gasteiger partial charge is 0.330 e. The van der Waals surface area contributed by atoms with Crippen molar-refractivity contribution in [1.82, 2.24) is 5.32 Å². The Hall–Kier alpha value is -1.36. The lowest BCUT2D eigenvalue weighted by molar-refractivity contribution is -0.146. The molecule has 1 unspecified atom stereocenters. The predicted octanol–water partition coefficient (Wildman–Crippen LogP) is -0.787. The molecule has 5 heteroatoms. The summed E-state index contributed by atoms with van der Waals surface area (Å²) >= 11 is 0. The van der Waals surface area contributed by atoms with Gasteiger partial charge >= 0.3 is 5.97 Å². The molecule has 0 rings (SSSR count). The summed E-state index contributed by atoms with van der Waals surface area (Å²) in [6.45, 7) is 2.88. The van der Waals surface area contributed by atoms with Crippen molar-refractivity contribution >= 4 is 11.9 Å². The Morgan fingerprint density at radius 3 is 2.69 bits per heavy atom. The molecule has 0 aromatic rings. The maximum atomic E-state index is 10.9. The van der Waals surface area contributed by atoms with Crippen molar-refractivity contribution in [1.29, 1.82) is 0 Å². The highest BCUT2D eigenvalue weighted by Crippen LogP contribution is 1.89. The number of aliphatic hydroxyl groups is 1. The Balaban J connectivity index is 4.04. The van der Waals surface area contributed by atoms with Crippen LogP contribution in [-0.4, -0.2) is 36.7 Å². The van der Waals surface area contributed by atoms with Crippen LogP contribution in [0.4, 0.5) is 0 Å². The molecular weight excluding hydrogens is 174 g/mol. The van der Waals surface area contributed by atoms with Crippen molar-refractivity contribution in [2.24, 2.45) is 0 Å². The van der Waals surface area contributed by atoms with E-state index in [0.717, 1.165) is 0 Å². The van der Waals surface area contributed by atoms with Gasteiger partial charge in [0.15, 0.2) is 6.04 Å². The molecule has 0 radical (unpaired) electrons. The molecule has 0 aromatic carbocycles. The average Bonchev–Trinajstić information content (AvgIpc) is 2.13. The van der Waals surface area contributed by atoms with Crippen LogP contribution >= 0.6 is 0 Å². The Morgan fingerprint density at radius 1 is 1.69 bits per heavy atom. The number of aliphatic hydroxyl groups excluding tert-OH is 1. The molecule has 0 saturated carbocycles. The summed E-state index contributed by atoms with van der Waals surface area (Å²) in [6, 6.07) is -0.988. The first-order valence-corrected chi connectivity index (χ1v) is 3.74. The van der Waals surface area contributed by atoms with Gasteiger partial charge < -0.3 is 15.2 Å². The normalized spacial score (nSPS) is 11.5. The molecule has 2 N–H and O–H groups in total. The van der Waals surface area contributed by atoms with Crippen molar-refractivity contribution in [2.45, 2.75) is 12.5 Å². The highest BCUT2D eigenvalue weighted by Gasteiger charge is 2.19. The van der Waals surface area contributed by atoms with Gasteiger partial charge in [0.2, 0.25) is 5.91 Å². The van der Waals surface area contributed by atoms with Crippen LogP contribution in [0.2, 0.25) is 0 Å². The minimum Gasteiger partial charge on any atom is -0.467 e. The third-order valence-corrected chi connectivity index (χ3v) is 1.33. The number of rotatable bonds is 5. The van der Waals surface area contributed by atoms with Gasteiger partial charge in [-0.3, -0.25) is 4.79 Å². The van der Waals surface area contributed by atoms with E-state index in [0.29, 0.717) is 0 Å². The first kappa shape index (κ1) is 11.6. The Labute approximate surface area is 76.4 Å². The number of ether oxygens (including phenoxy) is 1. The van der Waals surface area contributed by atoms with Crippen LogP contribution in [0, 0.1) is 0 Å². The third-order valence-electron chi connectivity index (χ3n) is 1.33. The van der Waals surface area contributed by atoms with Crippen LogP contribution in [0.1, 0.15) is 6.42 Å². The number of methoxy groups -OCH3 is 1. The zero-order chi connectivity index (χ0) is 10.3. The summed E-state index contributed by atoms with van der Waals surface area (Å²) in [5, 5.41) is 11.0. The summed E-state index contributed by atoms with van der Waals surface area (Å²) in [6.07, 6.45) is 1.51. The zero-order valence-electron chi connectivity index (χ0n) is 7.45. The molecular formula is C8H13NO4. The maximum absolute atomic E-state index is 10.9. The van der Waals surface area contributed by atoms with Crippen LogP contribution in [0.5, 0.6) is 0 Å². The molecule has 0 saturated heterocycles. The first-order chi connectivity index (χ1) is 6.15. The van der Waals surface area contributed by atoms with Crippen molar-refractivity contribution in [3.8, 4) is 0 Å². The van der Waals surface area contributed by atoms with Gasteiger partial charge in [-0.2, -0.15) is 0 Å². The van der Waals surface area contributed by atoms with E-state index in [1.807, 2.05) is 0 Å². The van der Waals surface area contributed by atoms with Crippen molar-refractivity contribution in [2.75, 3.05) is 13.7 Å². The zero-order valence-corrected chi connectivity index (χ0v) is 7.45. The molecule has 0 aliphatic rings. The van der Waals surface area contributed by atoms with E-state index in [1.165, 1.54) is 13.2 Å². The lowest BCUT2D eigenvalue weighted by atomic mass is 10.3. The molecule has 1 atom stereocenters. The minimum absolute atomic E-state index is 0.105. The van der Waals surface area contributed by atoms with E-state index < -0.39 is 18.6 Å². The van der Waals surface area contributed by atoms with Crippen molar-refractivity contribution in [3.05, 3.63) is 12.7 Å². The number of carbonyl (C=O) groups is 2. The van der Waals surface area contributed by atoms with Gasteiger partial charge in [0.05, 0.1) is 13.7 Å². The van der Waals surface area contributed by atoms with Gasteiger partial charge in [-0.05, 0) is 0 Å². The van der Waals surface area contributed by atoms with Crippen LogP contribution in [0.15, 0.2) is 12.7 Å². The average molecular weight is 187 g/mol. The maximum Gasteiger partial charge on any atom is 0.330 e. The Morgan fingerprint density at radius 2 is 2.31 bits per heavy atom. The number of hydrogen-bond acceptors (Lipinski definition) is 4. The number of hydrogen-bond donors (Lipinski definition) is 2. The summed E-state index contributed by atoms with van der Waals surface area (Å²) < 4.78 is 4.34. The van der Waals surface area contributed by atoms with E-state index in [2.05, 4.69) is 16.6 Å². The third kappa shape index (κ3) is 4.27. The summed E-state index contributed by atoms with van der Waals surface area (Å²) in [7, 11) is 1.19. The molecule has 74 valence electrons. The first-order valence-electron chi connectivity index (χ1n) is 3.74. The molecule has 0 aliphatic heterocycles. The fraction of sp³-hybridized carbons (Fsp3) is 0.500.